The van der Waals surface area contributed by atoms with E-state index in [0.717, 1.165) is 11.3 Å². The van der Waals surface area contributed by atoms with Gasteiger partial charge in [0.15, 0.2) is 11.4 Å². The minimum atomic E-state index is -0.934. The van der Waals surface area contributed by atoms with E-state index >= 15 is 0 Å². The molecule has 1 aromatic heterocycles. The highest BCUT2D eigenvalue weighted by atomic mass is 32.2. The number of thioether (sulfide) groups is 1. The molecule has 1 saturated carbocycles. The van der Waals surface area contributed by atoms with Crippen molar-refractivity contribution in [2.75, 3.05) is 0 Å². The van der Waals surface area contributed by atoms with Crippen molar-refractivity contribution in [2.24, 2.45) is 0 Å². The van der Waals surface area contributed by atoms with Gasteiger partial charge in [-0.15, -0.1) is 16.9 Å². The van der Waals surface area contributed by atoms with Gasteiger partial charge < -0.3 is 5.11 Å². The first-order valence-corrected chi connectivity index (χ1v) is 7.40. The van der Waals surface area contributed by atoms with Crippen LogP contribution >= 0.6 is 11.8 Å². The maximum absolute atomic E-state index is 11.5. The molecule has 104 valence electrons. The minimum absolute atomic E-state index is 0.562. The van der Waals surface area contributed by atoms with Crippen molar-refractivity contribution in [3.8, 4) is 0 Å². The Hall–Kier alpha value is -1.89. The summed E-state index contributed by atoms with van der Waals surface area (Å²) in [6.45, 7) is 0. The van der Waals surface area contributed by atoms with Crippen LogP contribution in [0.5, 0.6) is 0 Å². The number of carboxylic acid groups (broad SMARTS) is 1. The van der Waals surface area contributed by atoms with Crippen LogP contribution in [0.1, 0.15) is 25.1 Å². The zero-order chi connectivity index (χ0) is 14.0. The Kier molecular flexibility index (Phi) is 3.43. The molecule has 1 aliphatic carbocycles. The van der Waals surface area contributed by atoms with Crippen molar-refractivity contribution in [3.05, 3.63) is 36.2 Å². The highest BCUT2D eigenvalue weighted by molar-refractivity contribution is 7.98. The average molecular weight is 290 g/mol. The van der Waals surface area contributed by atoms with Crippen molar-refractivity contribution in [2.45, 2.75) is 35.4 Å². The Labute approximate surface area is 120 Å². The average Bonchev–Trinajstić information content (AvgIpc) is 2.85. The largest absolute Gasteiger partial charge is 0.479 e. The molecule has 0 bridgehead atoms. The molecule has 0 unspecified atom stereocenters. The molecule has 0 aliphatic heterocycles. The summed E-state index contributed by atoms with van der Waals surface area (Å²) in [5.74, 6) is 0.328. The van der Waals surface area contributed by atoms with E-state index in [4.69, 9.17) is 0 Å². The van der Waals surface area contributed by atoms with Crippen LogP contribution in [0.2, 0.25) is 0 Å². The van der Waals surface area contributed by atoms with E-state index in [0.29, 0.717) is 24.4 Å². The quantitative estimate of drug-likeness (QED) is 0.847. The Balaban J connectivity index is 1.79. The number of aromatic nitrogens is 4. The molecule has 2 aromatic rings. The van der Waals surface area contributed by atoms with Gasteiger partial charge in [-0.1, -0.05) is 18.2 Å². The first-order chi connectivity index (χ1) is 9.72. The Bertz CT molecular complexity index is 610. The Morgan fingerprint density at radius 2 is 2.10 bits per heavy atom. The van der Waals surface area contributed by atoms with E-state index < -0.39 is 11.5 Å². The second kappa shape index (κ2) is 5.24. The van der Waals surface area contributed by atoms with Crippen LogP contribution in [-0.2, 0) is 16.1 Å². The molecular weight excluding hydrogens is 276 g/mol. The number of nitrogens with zero attached hydrogens (tertiary/aromatic N) is 4. The second-order valence-electron chi connectivity index (χ2n) is 4.80. The van der Waals surface area contributed by atoms with Crippen LogP contribution in [-0.4, -0.2) is 31.3 Å². The van der Waals surface area contributed by atoms with Crippen LogP contribution < -0.4 is 0 Å². The molecule has 0 saturated heterocycles. The first kappa shape index (κ1) is 13.1. The van der Waals surface area contributed by atoms with Gasteiger partial charge in [-0.2, -0.15) is 0 Å². The van der Waals surface area contributed by atoms with Crippen LogP contribution in [0.25, 0.3) is 0 Å². The number of rotatable bonds is 5. The number of hydrogen-bond donors (Lipinski definition) is 1. The van der Waals surface area contributed by atoms with Crippen molar-refractivity contribution in [1.29, 1.82) is 0 Å². The van der Waals surface area contributed by atoms with Gasteiger partial charge in [-0.25, -0.2) is 9.48 Å². The molecule has 0 radical (unpaired) electrons. The fourth-order valence-corrected chi connectivity index (χ4v) is 3.15. The van der Waals surface area contributed by atoms with Gasteiger partial charge in [0, 0.05) is 4.90 Å². The number of carbonyl (C=O) groups is 1. The molecule has 6 nitrogen and oxygen atoms in total. The molecule has 0 amide bonds. The van der Waals surface area contributed by atoms with E-state index in [1.54, 1.807) is 11.8 Å². The highest BCUT2D eigenvalue weighted by Crippen LogP contribution is 2.40. The summed E-state index contributed by atoms with van der Waals surface area (Å²) in [5, 5.41) is 21.0. The fraction of sp³-hybridized carbons (Fsp3) is 0.385. The van der Waals surface area contributed by atoms with Crippen LogP contribution in [0.3, 0.4) is 0 Å². The highest BCUT2D eigenvalue weighted by Gasteiger charge is 2.48. The molecule has 3 rings (SSSR count). The van der Waals surface area contributed by atoms with E-state index in [1.807, 2.05) is 30.3 Å². The van der Waals surface area contributed by atoms with E-state index in [-0.39, 0.29) is 0 Å². The molecular formula is C13H14N4O2S. The first-order valence-electron chi connectivity index (χ1n) is 6.41. The molecule has 7 heteroatoms. The maximum Gasteiger partial charge on any atom is 0.331 e. The van der Waals surface area contributed by atoms with Gasteiger partial charge in [-0.3, -0.25) is 0 Å². The minimum Gasteiger partial charge on any atom is -0.479 e. The van der Waals surface area contributed by atoms with Crippen molar-refractivity contribution < 1.29 is 9.90 Å². The third kappa shape index (κ3) is 2.18. The fourth-order valence-electron chi connectivity index (χ4n) is 2.32. The lowest BCUT2D eigenvalue weighted by atomic mass is 9.77. The zero-order valence-corrected chi connectivity index (χ0v) is 11.6. The van der Waals surface area contributed by atoms with Crippen LogP contribution in [0.4, 0.5) is 0 Å². The number of aliphatic carboxylic acids is 1. The molecule has 0 atom stereocenters. The number of tetrazole rings is 1. The van der Waals surface area contributed by atoms with Gasteiger partial charge in [0.25, 0.3) is 0 Å². The summed E-state index contributed by atoms with van der Waals surface area (Å²) in [6, 6.07) is 9.91. The predicted molar refractivity (Wildman–Crippen MR) is 73.3 cm³/mol. The maximum atomic E-state index is 11.5. The van der Waals surface area contributed by atoms with E-state index in [2.05, 4.69) is 15.5 Å². The molecule has 1 N–H and O–H groups in total. The predicted octanol–water partition coefficient (Wildman–Crippen LogP) is 1.93. The number of hydrogen-bond acceptors (Lipinski definition) is 5. The van der Waals surface area contributed by atoms with Gasteiger partial charge in [0.2, 0.25) is 0 Å². The third-order valence-corrected chi connectivity index (χ3v) is 4.64. The van der Waals surface area contributed by atoms with Crippen LogP contribution in [0, 0.1) is 0 Å². The standard InChI is InChI=1S/C13H14N4O2S/c18-12(19)13(7-4-8-13)17-11(14-15-16-17)9-20-10-5-2-1-3-6-10/h1-3,5-6H,4,7-9H2,(H,18,19). The summed E-state index contributed by atoms with van der Waals surface area (Å²) >= 11 is 1.60. The monoisotopic (exact) mass is 290 g/mol. The van der Waals surface area contributed by atoms with E-state index in [1.165, 1.54) is 4.68 Å². The van der Waals surface area contributed by atoms with Crippen molar-refractivity contribution >= 4 is 17.7 Å². The molecule has 20 heavy (non-hydrogen) atoms. The molecule has 1 aromatic carbocycles. The number of carboxylic acids is 1. The molecule has 0 spiro atoms. The summed E-state index contributed by atoms with van der Waals surface area (Å²) in [5.41, 5.74) is -0.934. The van der Waals surface area contributed by atoms with Gasteiger partial charge in [0.1, 0.15) is 0 Å². The normalized spacial score (nSPS) is 16.6. The van der Waals surface area contributed by atoms with Crippen molar-refractivity contribution in [1.82, 2.24) is 20.2 Å². The van der Waals surface area contributed by atoms with Gasteiger partial charge in [-0.05, 0) is 41.8 Å². The SMILES string of the molecule is O=C(O)C1(n2nnnc2CSc2ccccc2)CCC1. The van der Waals surface area contributed by atoms with Crippen LogP contribution in [0.15, 0.2) is 35.2 Å². The summed E-state index contributed by atoms with van der Waals surface area (Å²) < 4.78 is 1.49. The Morgan fingerprint density at radius 3 is 2.70 bits per heavy atom. The third-order valence-electron chi connectivity index (χ3n) is 3.63. The summed E-state index contributed by atoms with van der Waals surface area (Å²) in [7, 11) is 0. The van der Waals surface area contributed by atoms with Gasteiger partial charge in [0.05, 0.1) is 5.75 Å². The summed E-state index contributed by atoms with van der Waals surface area (Å²) in [6.07, 6.45) is 2.09. The molecule has 1 heterocycles. The summed E-state index contributed by atoms with van der Waals surface area (Å²) in [4.78, 5) is 12.6. The molecule has 1 aliphatic rings. The van der Waals surface area contributed by atoms with E-state index in [9.17, 15) is 9.90 Å². The zero-order valence-electron chi connectivity index (χ0n) is 10.8. The smallest absolute Gasteiger partial charge is 0.331 e. The topological polar surface area (TPSA) is 80.9 Å². The Morgan fingerprint density at radius 1 is 1.35 bits per heavy atom. The lowest BCUT2D eigenvalue weighted by Crippen LogP contribution is -2.49. The number of benzene rings is 1. The van der Waals surface area contributed by atoms with Gasteiger partial charge >= 0.3 is 5.97 Å². The molecule has 1 fully saturated rings. The second-order valence-corrected chi connectivity index (χ2v) is 5.85. The van der Waals surface area contributed by atoms with Crippen molar-refractivity contribution in [3.63, 3.8) is 0 Å². The lowest BCUT2D eigenvalue weighted by Gasteiger charge is -2.37. The lowest BCUT2D eigenvalue weighted by molar-refractivity contribution is -0.153.